The molecule has 1 saturated carbocycles. The Balaban J connectivity index is 1.57. The second-order valence-corrected chi connectivity index (χ2v) is 7.30. The molecular formula is C26H30O. The average Bonchev–Trinajstić information content (AvgIpc) is 2.73. The molecule has 2 aromatic rings. The van der Waals surface area contributed by atoms with E-state index in [9.17, 15) is 0 Å². The fourth-order valence-electron chi connectivity index (χ4n) is 3.67. The summed E-state index contributed by atoms with van der Waals surface area (Å²) in [7, 11) is 0. The molecule has 0 saturated heterocycles. The maximum atomic E-state index is 5.72. The third-order valence-corrected chi connectivity index (χ3v) is 5.31. The monoisotopic (exact) mass is 358 g/mol. The van der Waals surface area contributed by atoms with Crippen LogP contribution in [0.4, 0.5) is 0 Å². The molecule has 3 rings (SSSR count). The minimum absolute atomic E-state index is 0.454. The maximum absolute atomic E-state index is 5.72. The lowest BCUT2D eigenvalue weighted by molar-refractivity contribution is 0.0310. The molecule has 1 heteroatoms. The summed E-state index contributed by atoms with van der Waals surface area (Å²) in [6.07, 6.45) is 9.13. The summed E-state index contributed by atoms with van der Waals surface area (Å²) in [4.78, 5) is 0. The van der Waals surface area contributed by atoms with Crippen LogP contribution in [0, 0.1) is 17.8 Å². The van der Waals surface area contributed by atoms with Gasteiger partial charge < -0.3 is 4.74 Å². The first kappa shape index (κ1) is 19.5. The molecule has 0 radical (unpaired) electrons. The predicted molar refractivity (Wildman–Crippen MR) is 115 cm³/mol. The van der Waals surface area contributed by atoms with Crippen LogP contribution in [-0.4, -0.2) is 12.7 Å². The molecule has 0 atom stereocenters. The van der Waals surface area contributed by atoms with Gasteiger partial charge in [-0.1, -0.05) is 54.3 Å². The zero-order valence-corrected chi connectivity index (χ0v) is 16.4. The Labute approximate surface area is 164 Å². The Morgan fingerprint density at radius 3 is 2.19 bits per heavy atom. The SMILES string of the molecule is C=CCCc1ccc(-c2ccc(C#C[C@H]3CC[C@H](OCC)CC3)cc2)cc1. The van der Waals surface area contributed by atoms with Crippen LogP contribution in [0.5, 0.6) is 0 Å². The zero-order valence-electron chi connectivity index (χ0n) is 16.4. The fourth-order valence-corrected chi connectivity index (χ4v) is 3.67. The molecule has 0 amide bonds. The van der Waals surface area contributed by atoms with Gasteiger partial charge in [-0.25, -0.2) is 0 Å². The molecular weight excluding hydrogens is 328 g/mol. The molecule has 0 spiro atoms. The molecule has 0 aromatic heterocycles. The Morgan fingerprint density at radius 2 is 1.59 bits per heavy atom. The van der Waals surface area contributed by atoms with E-state index < -0.39 is 0 Å². The topological polar surface area (TPSA) is 9.23 Å². The number of aryl methyl sites for hydroxylation is 1. The summed E-state index contributed by atoms with van der Waals surface area (Å²) in [6, 6.07) is 17.5. The first-order chi connectivity index (χ1) is 13.3. The Morgan fingerprint density at radius 1 is 0.963 bits per heavy atom. The lowest BCUT2D eigenvalue weighted by Crippen LogP contribution is -2.20. The molecule has 0 bridgehead atoms. The average molecular weight is 359 g/mol. The van der Waals surface area contributed by atoms with Crippen molar-refractivity contribution in [2.45, 2.75) is 51.6 Å². The lowest BCUT2D eigenvalue weighted by atomic mass is 9.87. The highest BCUT2D eigenvalue weighted by atomic mass is 16.5. The molecule has 0 aliphatic heterocycles. The second-order valence-electron chi connectivity index (χ2n) is 7.30. The quantitative estimate of drug-likeness (QED) is 0.428. The van der Waals surface area contributed by atoms with Crippen LogP contribution in [-0.2, 0) is 11.2 Å². The molecule has 2 aromatic carbocycles. The van der Waals surface area contributed by atoms with Gasteiger partial charge in [-0.2, -0.15) is 0 Å². The minimum atomic E-state index is 0.454. The van der Waals surface area contributed by atoms with Crippen LogP contribution in [0.3, 0.4) is 0 Å². The van der Waals surface area contributed by atoms with Crippen molar-refractivity contribution < 1.29 is 4.74 Å². The van der Waals surface area contributed by atoms with Crippen LogP contribution in [0.15, 0.2) is 61.2 Å². The van der Waals surface area contributed by atoms with Gasteiger partial charge >= 0.3 is 0 Å². The van der Waals surface area contributed by atoms with Crippen molar-refractivity contribution in [1.82, 2.24) is 0 Å². The van der Waals surface area contributed by atoms with E-state index in [2.05, 4.69) is 73.9 Å². The summed E-state index contributed by atoms with van der Waals surface area (Å²) < 4.78 is 5.72. The van der Waals surface area contributed by atoms with Crippen molar-refractivity contribution in [2.75, 3.05) is 6.61 Å². The van der Waals surface area contributed by atoms with E-state index in [-0.39, 0.29) is 0 Å². The summed E-state index contributed by atoms with van der Waals surface area (Å²) in [6.45, 7) is 6.69. The third kappa shape index (κ3) is 5.84. The van der Waals surface area contributed by atoms with Crippen molar-refractivity contribution in [1.29, 1.82) is 0 Å². The standard InChI is InChI=1S/C26H30O/c1-3-5-6-21-9-15-24(16-10-21)25-17-11-22(12-18-25)7-8-23-13-19-26(20-14-23)27-4-2/h3,9-12,15-18,23,26H,1,4-6,13-14,19-20H2,2H3/t23-,26-. The first-order valence-electron chi connectivity index (χ1n) is 10.2. The number of hydrogen-bond acceptors (Lipinski definition) is 1. The largest absolute Gasteiger partial charge is 0.379 e. The van der Waals surface area contributed by atoms with Crippen molar-refractivity contribution in [3.05, 3.63) is 72.3 Å². The molecule has 0 heterocycles. The highest BCUT2D eigenvalue weighted by molar-refractivity contribution is 5.64. The van der Waals surface area contributed by atoms with Crippen molar-refractivity contribution in [3.8, 4) is 23.0 Å². The fraction of sp³-hybridized carbons (Fsp3) is 0.385. The smallest absolute Gasteiger partial charge is 0.0575 e. The molecule has 1 aliphatic rings. The molecule has 27 heavy (non-hydrogen) atoms. The van der Waals surface area contributed by atoms with Crippen LogP contribution in [0.2, 0.25) is 0 Å². The van der Waals surface area contributed by atoms with Gasteiger partial charge in [0.2, 0.25) is 0 Å². The van der Waals surface area contributed by atoms with Crippen LogP contribution in [0.1, 0.15) is 50.2 Å². The van der Waals surface area contributed by atoms with Gasteiger partial charge in [0, 0.05) is 18.1 Å². The molecule has 0 N–H and O–H groups in total. The van der Waals surface area contributed by atoms with Gasteiger partial charge in [0.05, 0.1) is 6.10 Å². The van der Waals surface area contributed by atoms with Crippen molar-refractivity contribution >= 4 is 0 Å². The molecule has 1 aliphatic carbocycles. The zero-order chi connectivity index (χ0) is 18.9. The number of rotatable bonds is 6. The normalized spacial score (nSPS) is 19.1. The number of hydrogen-bond donors (Lipinski definition) is 0. The van der Waals surface area contributed by atoms with Crippen LogP contribution < -0.4 is 0 Å². The maximum Gasteiger partial charge on any atom is 0.0575 e. The number of allylic oxidation sites excluding steroid dienone is 1. The third-order valence-electron chi connectivity index (χ3n) is 5.31. The molecule has 1 fully saturated rings. The summed E-state index contributed by atoms with van der Waals surface area (Å²) in [5.74, 6) is 7.36. The predicted octanol–water partition coefficient (Wildman–Crippen LogP) is 6.42. The highest BCUT2D eigenvalue weighted by Crippen LogP contribution is 2.26. The molecule has 1 nitrogen and oxygen atoms in total. The van der Waals surface area contributed by atoms with Crippen molar-refractivity contribution in [2.24, 2.45) is 5.92 Å². The van der Waals surface area contributed by atoms with Crippen LogP contribution >= 0.6 is 0 Å². The van der Waals surface area contributed by atoms with E-state index in [1.54, 1.807) is 0 Å². The van der Waals surface area contributed by atoms with Gasteiger partial charge in [0.1, 0.15) is 0 Å². The summed E-state index contributed by atoms with van der Waals surface area (Å²) in [5.41, 5.74) is 4.97. The lowest BCUT2D eigenvalue weighted by Gasteiger charge is -2.25. The Bertz CT molecular complexity index is 766. The van der Waals surface area contributed by atoms with E-state index in [0.717, 1.165) is 50.7 Å². The van der Waals surface area contributed by atoms with Crippen LogP contribution in [0.25, 0.3) is 11.1 Å². The second kappa shape index (κ2) is 10.1. The van der Waals surface area contributed by atoms with Gasteiger partial charge in [-0.05, 0) is 74.3 Å². The van der Waals surface area contributed by atoms with Crippen molar-refractivity contribution in [3.63, 3.8) is 0 Å². The van der Waals surface area contributed by atoms with E-state index in [4.69, 9.17) is 4.74 Å². The summed E-state index contributed by atoms with van der Waals surface area (Å²) >= 11 is 0. The Kier molecular flexibility index (Phi) is 7.31. The summed E-state index contributed by atoms with van der Waals surface area (Å²) in [5, 5.41) is 0. The number of ether oxygens (including phenoxy) is 1. The Hall–Kier alpha value is -2.30. The highest BCUT2D eigenvalue weighted by Gasteiger charge is 2.19. The van der Waals surface area contributed by atoms with Gasteiger partial charge in [-0.3, -0.25) is 0 Å². The van der Waals surface area contributed by atoms with E-state index >= 15 is 0 Å². The van der Waals surface area contributed by atoms with E-state index in [1.807, 2.05) is 6.08 Å². The molecule has 140 valence electrons. The number of benzene rings is 2. The first-order valence-corrected chi connectivity index (χ1v) is 10.2. The van der Waals surface area contributed by atoms with Gasteiger partial charge in [-0.15, -0.1) is 6.58 Å². The van der Waals surface area contributed by atoms with E-state index in [0.29, 0.717) is 12.0 Å². The van der Waals surface area contributed by atoms with Gasteiger partial charge in [0.15, 0.2) is 0 Å². The molecule has 0 unspecified atom stereocenters. The van der Waals surface area contributed by atoms with Gasteiger partial charge in [0.25, 0.3) is 0 Å². The minimum Gasteiger partial charge on any atom is -0.379 e. The van der Waals surface area contributed by atoms with E-state index in [1.165, 1.54) is 16.7 Å².